The number of alkyl carbamates (subject to hydrolysis) is 1. The topological polar surface area (TPSA) is 94.6 Å². The molecule has 1 aromatic heterocycles. The van der Waals surface area contributed by atoms with E-state index in [1.165, 1.54) is 0 Å². The monoisotopic (exact) mass is 460 g/mol. The normalized spacial score (nSPS) is 11.4. The van der Waals surface area contributed by atoms with Crippen molar-refractivity contribution in [1.29, 1.82) is 0 Å². The molecule has 1 heterocycles. The van der Waals surface area contributed by atoms with Gasteiger partial charge in [0.1, 0.15) is 12.4 Å². The van der Waals surface area contributed by atoms with Crippen molar-refractivity contribution >= 4 is 23.5 Å². The second-order valence-electron chi connectivity index (χ2n) is 6.84. The number of nitrogens with zero attached hydrogens (tertiary/aromatic N) is 2. The summed E-state index contributed by atoms with van der Waals surface area (Å²) in [6, 6.07) is 9.51. The number of benzene rings is 1. The van der Waals surface area contributed by atoms with Crippen LogP contribution in [0.3, 0.4) is 0 Å². The Morgan fingerprint density at radius 3 is 2.56 bits per heavy atom. The Labute approximate surface area is 194 Å². The largest absolute Gasteiger partial charge is 0.445 e. The lowest BCUT2D eigenvalue weighted by atomic mass is 10.2. The molecule has 172 valence electrons. The van der Waals surface area contributed by atoms with Crippen molar-refractivity contribution in [3.63, 3.8) is 0 Å². The second kappa shape index (κ2) is 14.2. The summed E-state index contributed by atoms with van der Waals surface area (Å²) in [7, 11) is 0. The van der Waals surface area contributed by atoms with Gasteiger partial charge in [0, 0.05) is 32.5 Å². The van der Waals surface area contributed by atoms with Gasteiger partial charge in [-0.1, -0.05) is 43.2 Å². The van der Waals surface area contributed by atoms with E-state index in [4.69, 9.17) is 25.8 Å². The summed E-state index contributed by atoms with van der Waals surface area (Å²) < 4.78 is 16.1. The molecule has 0 radical (unpaired) electrons. The smallest absolute Gasteiger partial charge is 0.407 e. The maximum atomic E-state index is 11.9. The zero-order valence-electron chi connectivity index (χ0n) is 18.6. The van der Waals surface area contributed by atoms with Crippen molar-refractivity contribution in [3.8, 4) is 11.8 Å². The summed E-state index contributed by atoms with van der Waals surface area (Å²) in [5, 5.41) is 6.08. The molecule has 32 heavy (non-hydrogen) atoms. The molecule has 9 heteroatoms. The van der Waals surface area contributed by atoms with E-state index in [0.717, 1.165) is 5.56 Å². The van der Waals surface area contributed by atoms with Gasteiger partial charge in [0.25, 0.3) is 0 Å². The van der Waals surface area contributed by atoms with E-state index in [9.17, 15) is 4.79 Å². The summed E-state index contributed by atoms with van der Waals surface area (Å²) in [6.07, 6.45) is 0.456. The summed E-state index contributed by atoms with van der Waals surface area (Å²) in [5.41, 5.74) is 1.50. The number of carbonyl (C=O) groups excluding carboxylic acids is 1. The molecule has 0 aliphatic carbocycles. The van der Waals surface area contributed by atoms with E-state index in [1.54, 1.807) is 6.20 Å². The summed E-state index contributed by atoms with van der Waals surface area (Å²) >= 11 is 5.95. The van der Waals surface area contributed by atoms with Gasteiger partial charge in [-0.25, -0.2) is 9.78 Å². The highest BCUT2D eigenvalue weighted by Crippen LogP contribution is 2.14. The van der Waals surface area contributed by atoms with Crippen LogP contribution in [0, 0.1) is 17.8 Å². The van der Waals surface area contributed by atoms with Gasteiger partial charge in [-0.2, -0.15) is 4.98 Å². The van der Waals surface area contributed by atoms with Crippen LogP contribution in [0.4, 0.5) is 10.6 Å². The number of hydrogen-bond donors (Lipinski definition) is 2. The van der Waals surface area contributed by atoms with Crippen molar-refractivity contribution in [2.75, 3.05) is 31.6 Å². The minimum atomic E-state index is -0.626. The number of hydrogen-bond acceptors (Lipinski definition) is 7. The van der Waals surface area contributed by atoms with Gasteiger partial charge < -0.3 is 24.8 Å². The van der Waals surface area contributed by atoms with Crippen LogP contribution in [0.15, 0.2) is 36.5 Å². The molecule has 2 N–H and O–H groups in total. The molecule has 0 saturated heterocycles. The SMILES string of the molecule is CCOC(C#Cc1cnc(Cl)nc1NC[C@H](C)CNC(=O)OCc1ccccc1)OCC. The van der Waals surface area contributed by atoms with Crippen LogP contribution >= 0.6 is 11.6 Å². The summed E-state index contributed by atoms with van der Waals surface area (Å²) in [6.45, 7) is 7.89. The molecule has 2 rings (SSSR count). The molecule has 0 spiro atoms. The zero-order chi connectivity index (χ0) is 23.2. The Balaban J connectivity index is 1.85. The first-order valence-electron chi connectivity index (χ1n) is 10.5. The fourth-order valence-electron chi connectivity index (χ4n) is 2.53. The van der Waals surface area contributed by atoms with E-state index in [-0.39, 0.29) is 17.8 Å². The fourth-order valence-corrected chi connectivity index (χ4v) is 2.67. The lowest BCUT2D eigenvalue weighted by molar-refractivity contribution is -0.0969. The van der Waals surface area contributed by atoms with Crippen LogP contribution in [0.5, 0.6) is 0 Å². The molecule has 1 atom stereocenters. The number of nitrogens with one attached hydrogen (secondary N) is 2. The molecule has 0 aliphatic heterocycles. The van der Waals surface area contributed by atoms with Gasteiger partial charge in [0.05, 0.1) is 5.56 Å². The van der Waals surface area contributed by atoms with E-state index in [2.05, 4.69) is 32.4 Å². The zero-order valence-corrected chi connectivity index (χ0v) is 19.3. The van der Waals surface area contributed by atoms with Gasteiger partial charge in [-0.3, -0.25) is 0 Å². The Kier molecular flexibility index (Phi) is 11.3. The Morgan fingerprint density at radius 1 is 1.16 bits per heavy atom. The van der Waals surface area contributed by atoms with Crippen LogP contribution < -0.4 is 10.6 Å². The lowest BCUT2D eigenvalue weighted by Crippen LogP contribution is -2.31. The number of rotatable bonds is 11. The molecule has 0 fully saturated rings. The summed E-state index contributed by atoms with van der Waals surface area (Å²) in [4.78, 5) is 20.1. The molecular weight excluding hydrogens is 432 g/mol. The van der Waals surface area contributed by atoms with E-state index < -0.39 is 12.4 Å². The van der Waals surface area contributed by atoms with Gasteiger partial charge in [-0.05, 0) is 42.9 Å². The van der Waals surface area contributed by atoms with Gasteiger partial charge in [0.15, 0.2) is 0 Å². The van der Waals surface area contributed by atoms with E-state index in [0.29, 0.717) is 37.7 Å². The van der Waals surface area contributed by atoms with Gasteiger partial charge >= 0.3 is 6.09 Å². The maximum absolute atomic E-state index is 11.9. The Morgan fingerprint density at radius 2 is 1.88 bits per heavy atom. The number of carbonyl (C=O) groups is 1. The Bertz CT molecular complexity index is 896. The molecule has 0 unspecified atom stereocenters. The number of ether oxygens (including phenoxy) is 3. The van der Waals surface area contributed by atoms with Gasteiger partial charge in [0.2, 0.25) is 11.6 Å². The van der Waals surface area contributed by atoms with Crippen LogP contribution in [0.1, 0.15) is 31.9 Å². The highest BCUT2D eigenvalue weighted by Gasteiger charge is 2.10. The third kappa shape index (κ3) is 9.52. The minimum Gasteiger partial charge on any atom is -0.445 e. The standard InChI is InChI=1S/C23H29ClN4O4/c1-4-30-20(31-5-2)12-11-19-15-26-22(24)28-21(19)25-13-17(3)14-27-23(29)32-16-18-9-7-6-8-10-18/h6-10,15,17,20H,4-5,13-14,16H2,1-3H3,(H,27,29)(H,25,26,28)/t17-/m0/s1. The van der Waals surface area contributed by atoms with Crippen molar-refractivity contribution in [3.05, 3.63) is 52.9 Å². The Hall–Kier alpha value is -2.86. The highest BCUT2D eigenvalue weighted by molar-refractivity contribution is 6.28. The predicted molar refractivity (Wildman–Crippen MR) is 123 cm³/mol. The third-order valence-electron chi connectivity index (χ3n) is 4.15. The third-order valence-corrected chi connectivity index (χ3v) is 4.33. The average Bonchev–Trinajstić information content (AvgIpc) is 2.80. The molecule has 0 saturated carbocycles. The number of anilines is 1. The second-order valence-corrected chi connectivity index (χ2v) is 7.18. The predicted octanol–water partition coefficient (Wildman–Crippen LogP) is 3.86. The van der Waals surface area contributed by atoms with Crippen molar-refractivity contribution in [2.24, 2.45) is 5.92 Å². The molecule has 1 aromatic carbocycles. The fraction of sp³-hybridized carbons (Fsp3) is 0.435. The van der Waals surface area contributed by atoms with Crippen molar-refractivity contribution < 1.29 is 19.0 Å². The van der Waals surface area contributed by atoms with Crippen LogP contribution in [-0.4, -0.2) is 48.7 Å². The van der Waals surface area contributed by atoms with Crippen LogP contribution in [0.25, 0.3) is 0 Å². The first kappa shape index (κ1) is 25.4. The van der Waals surface area contributed by atoms with Crippen molar-refractivity contribution in [2.45, 2.75) is 33.7 Å². The quantitative estimate of drug-likeness (QED) is 0.298. The molecule has 8 nitrogen and oxygen atoms in total. The molecule has 2 aromatic rings. The highest BCUT2D eigenvalue weighted by atomic mass is 35.5. The molecular formula is C23H29ClN4O4. The van der Waals surface area contributed by atoms with Crippen LogP contribution in [0.2, 0.25) is 5.28 Å². The average molecular weight is 461 g/mol. The summed E-state index contributed by atoms with van der Waals surface area (Å²) in [5.74, 6) is 6.50. The van der Waals surface area contributed by atoms with E-state index >= 15 is 0 Å². The molecule has 1 amide bonds. The minimum absolute atomic E-state index is 0.0911. The number of halogens is 1. The number of amides is 1. The van der Waals surface area contributed by atoms with Crippen LogP contribution in [-0.2, 0) is 20.8 Å². The van der Waals surface area contributed by atoms with E-state index in [1.807, 2.05) is 51.1 Å². The molecule has 0 aliphatic rings. The van der Waals surface area contributed by atoms with Crippen molar-refractivity contribution in [1.82, 2.24) is 15.3 Å². The first-order chi connectivity index (χ1) is 15.5. The number of aromatic nitrogens is 2. The maximum Gasteiger partial charge on any atom is 0.407 e. The van der Waals surface area contributed by atoms with Gasteiger partial charge in [-0.15, -0.1) is 0 Å². The first-order valence-corrected chi connectivity index (χ1v) is 10.8. The molecule has 0 bridgehead atoms. The lowest BCUT2D eigenvalue weighted by Gasteiger charge is -2.15.